The van der Waals surface area contributed by atoms with Gasteiger partial charge in [-0.2, -0.15) is 8.78 Å². The third kappa shape index (κ3) is 5.49. The van der Waals surface area contributed by atoms with Crippen molar-refractivity contribution >= 4 is 5.96 Å². The van der Waals surface area contributed by atoms with Gasteiger partial charge < -0.3 is 15.4 Å². The first kappa shape index (κ1) is 20.2. The summed E-state index contributed by atoms with van der Waals surface area (Å²) in [5.74, 6) is 0.788. The van der Waals surface area contributed by atoms with Gasteiger partial charge in [-0.25, -0.2) is 4.98 Å². The van der Waals surface area contributed by atoms with E-state index < -0.39 is 6.55 Å². The fourth-order valence-corrected chi connectivity index (χ4v) is 3.11. The van der Waals surface area contributed by atoms with Crippen molar-refractivity contribution in [2.24, 2.45) is 4.99 Å². The average molecular weight is 392 g/mol. The molecule has 1 fully saturated rings. The highest BCUT2D eigenvalue weighted by atomic mass is 19.3. The summed E-state index contributed by atoms with van der Waals surface area (Å²) >= 11 is 0. The molecule has 0 saturated carbocycles. The number of benzene rings is 1. The molecule has 28 heavy (non-hydrogen) atoms. The first-order valence-corrected chi connectivity index (χ1v) is 9.28. The lowest BCUT2D eigenvalue weighted by Crippen LogP contribution is -2.38. The zero-order valence-electron chi connectivity index (χ0n) is 15.9. The number of nitrogens with one attached hydrogen (secondary N) is 2. The van der Waals surface area contributed by atoms with Crippen molar-refractivity contribution in [3.63, 3.8) is 0 Å². The summed E-state index contributed by atoms with van der Waals surface area (Å²) in [5.41, 5.74) is 2.42. The van der Waals surface area contributed by atoms with Crippen LogP contribution in [0.15, 0.2) is 41.7 Å². The predicted molar refractivity (Wildman–Crippen MR) is 103 cm³/mol. The van der Waals surface area contributed by atoms with E-state index in [1.54, 1.807) is 7.05 Å². The summed E-state index contributed by atoms with van der Waals surface area (Å²) in [4.78, 5) is 10.5. The van der Waals surface area contributed by atoms with Gasteiger partial charge in [0, 0.05) is 45.6 Å². The van der Waals surface area contributed by atoms with Gasteiger partial charge in [0.2, 0.25) is 0 Å². The number of aromatic nitrogens is 2. The van der Waals surface area contributed by atoms with Crippen LogP contribution in [-0.4, -0.2) is 53.8 Å². The molecule has 0 aliphatic carbocycles. The first-order valence-electron chi connectivity index (χ1n) is 9.28. The molecule has 0 radical (unpaired) electrons. The molecule has 9 heteroatoms. The molecule has 7 nitrogen and oxygen atoms in total. The van der Waals surface area contributed by atoms with Gasteiger partial charge in [0.25, 0.3) is 0 Å². The van der Waals surface area contributed by atoms with Gasteiger partial charge >= 0.3 is 6.55 Å². The normalized spacial score (nSPS) is 15.8. The maximum absolute atomic E-state index is 12.9. The van der Waals surface area contributed by atoms with Gasteiger partial charge in [-0.05, 0) is 11.1 Å². The molecule has 0 atom stereocenters. The Balaban J connectivity index is 1.55. The number of ether oxygens (including phenoxy) is 1. The van der Waals surface area contributed by atoms with E-state index in [0.29, 0.717) is 12.5 Å². The second-order valence-corrected chi connectivity index (χ2v) is 6.46. The Morgan fingerprint density at radius 2 is 1.89 bits per heavy atom. The van der Waals surface area contributed by atoms with Crippen LogP contribution in [0.1, 0.15) is 23.5 Å². The summed E-state index contributed by atoms with van der Waals surface area (Å²) in [5, 5.41) is 6.28. The molecule has 1 saturated heterocycles. The minimum absolute atomic E-state index is 0.159. The van der Waals surface area contributed by atoms with Crippen molar-refractivity contribution in [3.8, 4) is 0 Å². The Labute approximate surface area is 163 Å². The summed E-state index contributed by atoms with van der Waals surface area (Å²) in [6, 6.07) is 8.26. The topological polar surface area (TPSA) is 66.7 Å². The Hall–Kier alpha value is -2.52. The van der Waals surface area contributed by atoms with E-state index in [-0.39, 0.29) is 12.4 Å². The number of hydrogen-bond donors (Lipinski definition) is 2. The molecular weight excluding hydrogens is 366 g/mol. The van der Waals surface area contributed by atoms with Gasteiger partial charge in [0.1, 0.15) is 5.82 Å². The van der Waals surface area contributed by atoms with E-state index in [4.69, 9.17) is 4.74 Å². The second-order valence-electron chi connectivity index (χ2n) is 6.46. The average Bonchev–Trinajstić information content (AvgIpc) is 3.19. The lowest BCUT2D eigenvalue weighted by Gasteiger charge is -2.27. The SMILES string of the molecule is CN=C(NCc1ccccc1CN1CCOCC1)NCc1nccn1C(F)F. The molecule has 3 rings (SSSR count). The van der Waals surface area contributed by atoms with Crippen LogP contribution in [-0.2, 0) is 24.4 Å². The smallest absolute Gasteiger partial charge is 0.319 e. The molecule has 1 aliphatic heterocycles. The number of alkyl halides is 2. The van der Waals surface area contributed by atoms with Crippen LogP contribution < -0.4 is 10.6 Å². The molecule has 0 spiro atoms. The Morgan fingerprint density at radius 3 is 2.61 bits per heavy atom. The molecule has 0 bridgehead atoms. The second kappa shape index (κ2) is 10.1. The van der Waals surface area contributed by atoms with Crippen molar-refractivity contribution in [3.05, 3.63) is 53.6 Å². The molecule has 152 valence electrons. The number of hydrogen-bond acceptors (Lipinski definition) is 4. The van der Waals surface area contributed by atoms with Crippen LogP contribution in [0, 0.1) is 0 Å². The molecule has 1 aromatic carbocycles. The van der Waals surface area contributed by atoms with Gasteiger partial charge in [-0.1, -0.05) is 24.3 Å². The minimum atomic E-state index is -2.61. The van der Waals surface area contributed by atoms with Gasteiger partial charge in [0.05, 0.1) is 19.8 Å². The molecule has 2 heterocycles. The van der Waals surface area contributed by atoms with E-state index in [9.17, 15) is 8.78 Å². The van der Waals surface area contributed by atoms with E-state index in [1.807, 2.05) is 12.1 Å². The van der Waals surface area contributed by atoms with Gasteiger partial charge in [-0.3, -0.25) is 14.5 Å². The van der Waals surface area contributed by atoms with E-state index in [0.717, 1.165) is 37.4 Å². The number of rotatable bonds is 7. The summed E-state index contributed by atoms with van der Waals surface area (Å²) in [7, 11) is 1.65. The first-order chi connectivity index (χ1) is 13.7. The fraction of sp³-hybridized carbons (Fsp3) is 0.474. The Kier molecular flexibility index (Phi) is 7.32. The van der Waals surface area contributed by atoms with Crippen molar-refractivity contribution < 1.29 is 13.5 Å². The molecule has 1 aliphatic rings. The molecule has 1 aromatic heterocycles. The van der Waals surface area contributed by atoms with Crippen LogP contribution >= 0.6 is 0 Å². The van der Waals surface area contributed by atoms with Gasteiger partial charge in [0.15, 0.2) is 5.96 Å². The van der Waals surface area contributed by atoms with Crippen LogP contribution in [0.3, 0.4) is 0 Å². The molecule has 0 unspecified atom stereocenters. The van der Waals surface area contributed by atoms with E-state index in [1.165, 1.54) is 23.5 Å². The highest BCUT2D eigenvalue weighted by Crippen LogP contribution is 2.13. The van der Waals surface area contributed by atoms with Crippen molar-refractivity contribution in [1.82, 2.24) is 25.1 Å². The van der Waals surface area contributed by atoms with Crippen molar-refractivity contribution in [1.29, 1.82) is 0 Å². The fourth-order valence-electron chi connectivity index (χ4n) is 3.11. The van der Waals surface area contributed by atoms with Crippen LogP contribution in [0.5, 0.6) is 0 Å². The monoisotopic (exact) mass is 392 g/mol. The summed E-state index contributed by atoms with van der Waals surface area (Å²) in [6.07, 6.45) is 2.63. The molecular formula is C19H26F2N6O. The van der Waals surface area contributed by atoms with E-state index >= 15 is 0 Å². The number of guanidine groups is 1. The number of imidazole rings is 1. The van der Waals surface area contributed by atoms with Crippen LogP contribution in [0.4, 0.5) is 8.78 Å². The zero-order valence-corrected chi connectivity index (χ0v) is 15.9. The van der Waals surface area contributed by atoms with Crippen LogP contribution in [0.25, 0.3) is 0 Å². The third-order valence-electron chi connectivity index (χ3n) is 4.66. The largest absolute Gasteiger partial charge is 0.379 e. The molecule has 2 N–H and O–H groups in total. The maximum atomic E-state index is 12.9. The van der Waals surface area contributed by atoms with Gasteiger partial charge in [-0.15, -0.1) is 0 Å². The predicted octanol–water partition coefficient (Wildman–Crippen LogP) is 1.98. The van der Waals surface area contributed by atoms with Crippen molar-refractivity contribution in [2.75, 3.05) is 33.4 Å². The summed E-state index contributed by atoms with van der Waals surface area (Å²) < 4.78 is 32.1. The number of aliphatic imine (C=N–C) groups is 1. The maximum Gasteiger partial charge on any atom is 0.319 e. The molecule has 2 aromatic rings. The van der Waals surface area contributed by atoms with E-state index in [2.05, 4.69) is 37.6 Å². The van der Waals surface area contributed by atoms with Crippen molar-refractivity contribution in [2.45, 2.75) is 26.2 Å². The number of nitrogens with zero attached hydrogens (tertiary/aromatic N) is 4. The number of halogens is 2. The lowest BCUT2D eigenvalue weighted by atomic mass is 10.1. The molecule has 0 amide bonds. The Morgan fingerprint density at radius 1 is 1.18 bits per heavy atom. The standard InChI is InChI=1S/C19H26F2N6O/c1-22-19(25-13-17-23-6-7-27(17)18(20)21)24-12-15-4-2-3-5-16(15)14-26-8-10-28-11-9-26/h2-7,18H,8-14H2,1H3,(H2,22,24,25). The minimum Gasteiger partial charge on any atom is -0.379 e. The van der Waals surface area contributed by atoms with Crippen LogP contribution in [0.2, 0.25) is 0 Å². The third-order valence-corrected chi connectivity index (χ3v) is 4.66. The zero-order chi connectivity index (χ0) is 19.8. The number of morpholine rings is 1. The Bertz CT molecular complexity index is 773. The quantitative estimate of drug-likeness (QED) is 0.557. The lowest BCUT2D eigenvalue weighted by molar-refractivity contribution is 0.0341. The highest BCUT2D eigenvalue weighted by Gasteiger charge is 2.14. The summed E-state index contributed by atoms with van der Waals surface area (Å²) in [6.45, 7) is 2.41. The highest BCUT2D eigenvalue weighted by molar-refractivity contribution is 5.79.